The highest BCUT2D eigenvalue weighted by Crippen LogP contribution is 2.27. The van der Waals surface area contributed by atoms with Crippen LogP contribution in [0, 0.1) is 5.92 Å². The highest BCUT2D eigenvalue weighted by molar-refractivity contribution is 5.78. The summed E-state index contributed by atoms with van der Waals surface area (Å²) in [7, 11) is 0. The monoisotopic (exact) mass is 266 g/mol. The Kier molecular flexibility index (Phi) is 6.15. The molecule has 19 heavy (non-hydrogen) atoms. The SMILES string of the molecule is CCCC1CCC(NCC(=O)NC2CCCC2)CC1. The molecule has 2 aliphatic carbocycles. The van der Waals surface area contributed by atoms with Crippen LogP contribution in [0.4, 0.5) is 0 Å². The number of rotatable bonds is 6. The van der Waals surface area contributed by atoms with E-state index in [0.29, 0.717) is 18.6 Å². The van der Waals surface area contributed by atoms with Gasteiger partial charge in [0.15, 0.2) is 0 Å². The highest BCUT2D eigenvalue weighted by atomic mass is 16.1. The molecule has 0 spiro atoms. The first-order valence-electron chi connectivity index (χ1n) is 8.30. The van der Waals surface area contributed by atoms with Gasteiger partial charge in [-0.3, -0.25) is 4.79 Å². The molecule has 0 aliphatic heterocycles. The van der Waals surface area contributed by atoms with E-state index in [1.165, 1.54) is 64.2 Å². The molecule has 0 aromatic carbocycles. The summed E-state index contributed by atoms with van der Waals surface area (Å²) in [5.41, 5.74) is 0. The molecular formula is C16H30N2O. The van der Waals surface area contributed by atoms with Crippen molar-refractivity contribution in [1.82, 2.24) is 10.6 Å². The van der Waals surface area contributed by atoms with Crippen molar-refractivity contribution in [2.24, 2.45) is 5.92 Å². The van der Waals surface area contributed by atoms with Crippen molar-refractivity contribution in [3.8, 4) is 0 Å². The highest BCUT2D eigenvalue weighted by Gasteiger charge is 2.21. The van der Waals surface area contributed by atoms with E-state index in [1.807, 2.05) is 0 Å². The minimum atomic E-state index is 0.197. The van der Waals surface area contributed by atoms with E-state index >= 15 is 0 Å². The zero-order valence-corrected chi connectivity index (χ0v) is 12.4. The van der Waals surface area contributed by atoms with Gasteiger partial charge in [-0.1, -0.05) is 32.6 Å². The topological polar surface area (TPSA) is 41.1 Å². The molecule has 2 N–H and O–H groups in total. The van der Waals surface area contributed by atoms with Crippen molar-refractivity contribution in [1.29, 1.82) is 0 Å². The standard InChI is InChI=1S/C16H30N2O/c1-2-5-13-8-10-14(11-9-13)17-12-16(19)18-15-6-3-4-7-15/h13-15,17H,2-12H2,1H3,(H,18,19). The first-order valence-corrected chi connectivity index (χ1v) is 8.30. The lowest BCUT2D eigenvalue weighted by atomic mass is 9.83. The molecule has 0 unspecified atom stereocenters. The van der Waals surface area contributed by atoms with Gasteiger partial charge in [0.25, 0.3) is 0 Å². The Morgan fingerprint density at radius 1 is 1.00 bits per heavy atom. The van der Waals surface area contributed by atoms with Crippen LogP contribution in [0.3, 0.4) is 0 Å². The molecule has 2 saturated carbocycles. The fourth-order valence-electron chi connectivity index (χ4n) is 3.65. The van der Waals surface area contributed by atoms with E-state index in [4.69, 9.17) is 0 Å². The third kappa shape index (κ3) is 5.13. The number of carbonyl (C=O) groups excluding carboxylic acids is 1. The third-order valence-electron chi connectivity index (χ3n) is 4.82. The van der Waals surface area contributed by atoms with E-state index in [1.54, 1.807) is 0 Å². The first-order chi connectivity index (χ1) is 9.28. The minimum Gasteiger partial charge on any atom is -0.352 e. The summed E-state index contributed by atoms with van der Waals surface area (Å²) in [6.07, 6.45) is 12.8. The molecule has 0 aromatic rings. The Hall–Kier alpha value is -0.570. The van der Waals surface area contributed by atoms with E-state index in [2.05, 4.69) is 17.6 Å². The lowest BCUT2D eigenvalue weighted by Crippen LogP contribution is -2.43. The summed E-state index contributed by atoms with van der Waals surface area (Å²) in [5.74, 6) is 1.14. The third-order valence-corrected chi connectivity index (χ3v) is 4.82. The van der Waals surface area contributed by atoms with Crippen LogP contribution in [0.1, 0.15) is 71.1 Å². The number of hydrogen-bond donors (Lipinski definition) is 2. The van der Waals surface area contributed by atoms with E-state index < -0.39 is 0 Å². The fourth-order valence-corrected chi connectivity index (χ4v) is 3.65. The maximum Gasteiger partial charge on any atom is 0.234 e. The first kappa shape index (κ1) is 14.8. The Morgan fingerprint density at radius 2 is 1.68 bits per heavy atom. The van der Waals surface area contributed by atoms with Crippen molar-refractivity contribution < 1.29 is 4.79 Å². The van der Waals surface area contributed by atoms with Gasteiger partial charge in [0, 0.05) is 12.1 Å². The Labute approximate surface area is 117 Å². The quantitative estimate of drug-likeness (QED) is 0.776. The van der Waals surface area contributed by atoms with Crippen LogP contribution in [-0.4, -0.2) is 24.5 Å². The molecule has 0 bridgehead atoms. The molecule has 0 saturated heterocycles. The lowest BCUT2D eigenvalue weighted by molar-refractivity contribution is -0.121. The number of amides is 1. The van der Waals surface area contributed by atoms with Crippen LogP contribution >= 0.6 is 0 Å². The van der Waals surface area contributed by atoms with Gasteiger partial charge in [-0.2, -0.15) is 0 Å². The van der Waals surface area contributed by atoms with Crippen LogP contribution in [0.15, 0.2) is 0 Å². The molecule has 0 radical (unpaired) electrons. The van der Waals surface area contributed by atoms with Gasteiger partial charge in [0.2, 0.25) is 5.91 Å². The lowest BCUT2D eigenvalue weighted by Gasteiger charge is -2.29. The van der Waals surface area contributed by atoms with Crippen LogP contribution in [-0.2, 0) is 4.79 Å². The molecule has 110 valence electrons. The van der Waals surface area contributed by atoms with Crippen molar-refractivity contribution in [3.05, 3.63) is 0 Å². The Balaban J connectivity index is 1.56. The van der Waals surface area contributed by atoms with E-state index in [9.17, 15) is 4.79 Å². The average Bonchev–Trinajstić information content (AvgIpc) is 2.91. The summed E-state index contributed by atoms with van der Waals surface area (Å²) < 4.78 is 0. The van der Waals surface area contributed by atoms with Gasteiger partial charge in [0.05, 0.1) is 6.54 Å². The maximum absolute atomic E-state index is 11.8. The second kappa shape index (κ2) is 7.88. The van der Waals surface area contributed by atoms with E-state index in [0.717, 1.165) is 5.92 Å². The second-order valence-corrected chi connectivity index (χ2v) is 6.44. The van der Waals surface area contributed by atoms with Gasteiger partial charge in [-0.15, -0.1) is 0 Å². The number of carbonyl (C=O) groups is 1. The normalized spacial score (nSPS) is 28.5. The maximum atomic E-state index is 11.8. The molecule has 0 aromatic heterocycles. The number of nitrogens with one attached hydrogen (secondary N) is 2. The van der Waals surface area contributed by atoms with Crippen molar-refractivity contribution in [2.45, 2.75) is 83.2 Å². The van der Waals surface area contributed by atoms with Crippen LogP contribution in [0.5, 0.6) is 0 Å². The molecule has 0 heterocycles. The van der Waals surface area contributed by atoms with Crippen molar-refractivity contribution >= 4 is 5.91 Å². The van der Waals surface area contributed by atoms with Crippen LogP contribution in [0.2, 0.25) is 0 Å². The molecule has 2 fully saturated rings. The molecule has 1 amide bonds. The van der Waals surface area contributed by atoms with Gasteiger partial charge in [-0.25, -0.2) is 0 Å². The zero-order chi connectivity index (χ0) is 13.5. The predicted molar refractivity (Wildman–Crippen MR) is 79.1 cm³/mol. The van der Waals surface area contributed by atoms with Crippen molar-refractivity contribution in [3.63, 3.8) is 0 Å². The summed E-state index contributed by atoms with van der Waals surface area (Å²) in [5, 5.41) is 6.59. The summed E-state index contributed by atoms with van der Waals surface area (Å²) in [6.45, 7) is 2.79. The predicted octanol–water partition coefficient (Wildman–Crippen LogP) is 2.99. The summed E-state index contributed by atoms with van der Waals surface area (Å²) >= 11 is 0. The largest absolute Gasteiger partial charge is 0.352 e. The summed E-state index contributed by atoms with van der Waals surface area (Å²) in [4.78, 5) is 11.8. The van der Waals surface area contributed by atoms with Crippen LogP contribution < -0.4 is 10.6 Å². The van der Waals surface area contributed by atoms with Gasteiger partial charge >= 0.3 is 0 Å². The van der Waals surface area contributed by atoms with Gasteiger partial charge in [0.1, 0.15) is 0 Å². The second-order valence-electron chi connectivity index (χ2n) is 6.44. The van der Waals surface area contributed by atoms with Gasteiger partial charge < -0.3 is 10.6 Å². The van der Waals surface area contributed by atoms with Gasteiger partial charge in [-0.05, 0) is 44.4 Å². The Bertz CT molecular complexity index is 266. The van der Waals surface area contributed by atoms with Crippen molar-refractivity contribution in [2.75, 3.05) is 6.54 Å². The molecular weight excluding hydrogens is 236 g/mol. The smallest absolute Gasteiger partial charge is 0.234 e. The molecule has 2 aliphatic rings. The van der Waals surface area contributed by atoms with E-state index in [-0.39, 0.29) is 5.91 Å². The van der Waals surface area contributed by atoms with Crippen LogP contribution in [0.25, 0.3) is 0 Å². The molecule has 0 atom stereocenters. The molecule has 2 rings (SSSR count). The fraction of sp³-hybridized carbons (Fsp3) is 0.938. The Morgan fingerprint density at radius 3 is 2.32 bits per heavy atom. The zero-order valence-electron chi connectivity index (χ0n) is 12.4. The number of hydrogen-bond acceptors (Lipinski definition) is 2. The molecule has 3 nitrogen and oxygen atoms in total. The average molecular weight is 266 g/mol. The minimum absolute atomic E-state index is 0.197. The molecule has 3 heteroatoms. The summed E-state index contributed by atoms with van der Waals surface area (Å²) in [6, 6.07) is 1.03.